The number of rotatable bonds is 2. The van der Waals surface area contributed by atoms with Crippen LogP contribution in [0.5, 0.6) is 0 Å². The molecule has 17 heavy (non-hydrogen) atoms. The maximum Gasteiger partial charge on any atom is 0.224 e. The smallest absolute Gasteiger partial charge is 0.224 e. The van der Waals surface area contributed by atoms with Crippen molar-refractivity contribution in [2.24, 2.45) is 0 Å². The first-order valence-electron chi connectivity index (χ1n) is 5.86. The zero-order valence-corrected chi connectivity index (χ0v) is 11.1. The van der Waals surface area contributed by atoms with Crippen LogP contribution in [-0.2, 0) is 10.2 Å². The second kappa shape index (κ2) is 4.86. The summed E-state index contributed by atoms with van der Waals surface area (Å²) in [6.45, 7) is 9.56. The van der Waals surface area contributed by atoms with E-state index in [1.807, 2.05) is 33.8 Å². The van der Waals surface area contributed by atoms with E-state index in [0.717, 1.165) is 5.56 Å². The molecule has 94 valence electrons. The van der Waals surface area contributed by atoms with E-state index in [2.05, 4.69) is 5.32 Å². The second-order valence-corrected chi connectivity index (χ2v) is 5.30. The van der Waals surface area contributed by atoms with Gasteiger partial charge < -0.3 is 5.32 Å². The molecule has 0 unspecified atom stereocenters. The van der Waals surface area contributed by atoms with Gasteiger partial charge in [0.25, 0.3) is 0 Å². The van der Waals surface area contributed by atoms with Gasteiger partial charge in [-0.2, -0.15) is 0 Å². The fraction of sp³-hybridized carbons (Fsp3) is 0.500. The first-order chi connectivity index (χ1) is 7.75. The first-order valence-corrected chi connectivity index (χ1v) is 5.86. The van der Waals surface area contributed by atoms with Gasteiger partial charge in [0, 0.05) is 12.1 Å². The number of amides is 1. The summed E-state index contributed by atoms with van der Waals surface area (Å²) < 4.78 is 14.0. The maximum atomic E-state index is 14.0. The number of nitrogens with one attached hydrogen (secondary N) is 1. The summed E-state index contributed by atoms with van der Waals surface area (Å²) >= 11 is 0. The van der Waals surface area contributed by atoms with Crippen LogP contribution >= 0.6 is 0 Å². The van der Waals surface area contributed by atoms with E-state index in [1.165, 1.54) is 6.07 Å². The predicted octanol–water partition coefficient (Wildman–Crippen LogP) is 3.78. The van der Waals surface area contributed by atoms with Crippen LogP contribution in [0.15, 0.2) is 12.1 Å². The van der Waals surface area contributed by atoms with E-state index in [1.54, 1.807) is 6.92 Å². The summed E-state index contributed by atoms with van der Waals surface area (Å²) in [6, 6.07) is 3.21. The summed E-state index contributed by atoms with van der Waals surface area (Å²) in [6.07, 6.45) is 0.391. The van der Waals surface area contributed by atoms with Gasteiger partial charge >= 0.3 is 0 Å². The number of aryl methyl sites for hydroxylation is 1. The third-order valence-electron chi connectivity index (χ3n) is 2.64. The monoisotopic (exact) mass is 237 g/mol. The molecular weight excluding hydrogens is 217 g/mol. The Morgan fingerprint density at radius 2 is 1.94 bits per heavy atom. The van der Waals surface area contributed by atoms with E-state index in [9.17, 15) is 9.18 Å². The third-order valence-corrected chi connectivity index (χ3v) is 2.64. The lowest BCUT2D eigenvalue weighted by Crippen LogP contribution is -2.17. The standard InChI is InChI=1S/C14H20FNO/c1-6-12(17)16-10-7-9(2)13(11(15)8-10)14(3,4)5/h7-8H,6H2,1-5H3,(H,16,17). The largest absolute Gasteiger partial charge is 0.326 e. The van der Waals surface area contributed by atoms with Crippen LogP contribution in [0.3, 0.4) is 0 Å². The lowest BCUT2D eigenvalue weighted by molar-refractivity contribution is -0.115. The summed E-state index contributed by atoms with van der Waals surface area (Å²) in [5.41, 5.74) is 1.86. The molecule has 0 fully saturated rings. The molecule has 1 aromatic carbocycles. The zero-order chi connectivity index (χ0) is 13.2. The highest BCUT2D eigenvalue weighted by atomic mass is 19.1. The molecule has 0 radical (unpaired) electrons. The Morgan fingerprint density at radius 1 is 1.35 bits per heavy atom. The van der Waals surface area contributed by atoms with Gasteiger partial charge in [-0.25, -0.2) is 4.39 Å². The van der Waals surface area contributed by atoms with E-state index in [-0.39, 0.29) is 17.1 Å². The third kappa shape index (κ3) is 3.29. The van der Waals surface area contributed by atoms with Gasteiger partial charge in [-0.3, -0.25) is 4.79 Å². The summed E-state index contributed by atoms with van der Waals surface area (Å²) in [5, 5.41) is 2.67. The van der Waals surface area contributed by atoms with Crippen molar-refractivity contribution in [3.63, 3.8) is 0 Å². The number of carbonyl (C=O) groups excluding carboxylic acids is 1. The van der Waals surface area contributed by atoms with Crippen molar-refractivity contribution in [2.45, 2.75) is 46.5 Å². The molecule has 2 nitrogen and oxygen atoms in total. The Bertz CT molecular complexity index is 409. The first kappa shape index (κ1) is 13.7. The van der Waals surface area contributed by atoms with E-state index >= 15 is 0 Å². The SMILES string of the molecule is CCC(=O)Nc1cc(C)c(C(C)(C)C)c(F)c1. The van der Waals surface area contributed by atoms with E-state index in [0.29, 0.717) is 17.7 Å². The molecule has 1 amide bonds. The number of anilines is 1. The highest BCUT2D eigenvalue weighted by molar-refractivity contribution is 5.90. The van der Waals surface area contributed by atoms with Gasteiger partial charge in [-0.15, -0.1) is 0 Å². The van der Waals surface area contributed by atoms with Crippen LogP contribution in [0.25, 0.3) is 0 Å². The molecule has 0 bridgehead atoms. The van der Waals surface area contributed by atoms with Gasteiger partial charge in [0.05, 0.1) is 0 Å². The summed E-state index contributed by atoms with van der Waals surface area (Å²) in [4.78, 5) is 11.3. The van der Waals surface area contributed by atoms with Gasteiger partial charge in [-0.05, 0) is 35.6 Å². The lowest BCUT2D eigenvalue weighted by Gasteiger charge is -2.23. The van der Waals surface area contributed by atoms with Gasteiger partial charge in [0.2, 0.25) is 5.91 Å². The molecule has 0 aliphatic carbocycles. The molecular formula is C14H20FNO. The molecule has 0 saturated heterocycles. The van der Waals surface area contributed by atoms with Crippen molar-refractivity contribution in [3.05, 3.63) is 29.1 Å². The fourth-order valence-corrected chi connectivity index (χ4v) is 2.02. The maximum absolute atomic E-state index is 14.0. The molecule has 0 saturated carbocycles. The van der Waals surface area contributed by atoms with Crippen LogP contribution in [-0.4, -0.2) is 5.91 Å². The van der Waals surface area contributed by atoms with Crippen LogP contribution in [0, 0.1) is 12.7 Å². The van der Waals surface area contributed by atoms with Gasteiger partial charge in [-0.1, -0.05) is 27.7 Å². The molecule has 1 aromatic rings. The predicted molar refractivity (Wildman–Crippen MR) is 68.8 cm³/mol. The fourth-order valence-electron chi connectivity index (χ4n) is 2.02. The molecule has 1 N–H and O–H groups in total. The molecule has 0 heterocycles. The van der Waals surface area contributed by atoms with Crippen molar-refractivity contribution >= 4 is 11.6 Å². The molecule has 0 aliphatic heterocycles. The lowest BCUT2D eigenvalue weighted by atomic mass is 9.83. The summed E-state index contributed by atoms with van der Waals surface area (Å²) in [5.74, 6) is -0.365. The molecule has 1 rings (SSSR count). The Morgan fingerprint density at radius 3 is 2.35 bits per heavy atom. The number of benzene rings is 1. The number of carbonyl (C=O) groups is 1. The minimum atomic E-state index is -0.260. The van der Waals surface area contributed by atoms with Crippen LogP contribution in [0.4, 0.5) is 10.1 Å². The number of hydrogen-bond acceptors (Lipinski definition) is 1. The number of halogens is 1. The van der Waals surface area contributed by atoms with Crippen molar-refractivity contribution in [1.82, 2.24) is 0 Å². The quantitative estimate of drug-likeness (QED) is 0.833. The Balaban J connectivity index is 3.14. The minimum absolute atomic E-state index is 0.104. The normalized spacial score (nSPS) is 11.4. The molecule has 0 spiro atoms. The molecule has 0 aromatic heterocycles. The summed E-state index contributed by atoms with van der Waals surface area (Å²) in [7, 11) is 0. The van der Waals surface area contributed by atoms with Crippen molar-refractivity contribution in [1.29, 1.82) is 0 Å². The van der Waals surface area contributed by atoms with Crippen LogP contribution < -0.4 is 5.32 Å². The Labute approximate surface area is 102 Å². The Kier molecular flexibility index (Phi) is 3.91. The van der Waals surface area contributed by atoms with Gasteiger partial charge in [0.15, 0.2) is 0 Å². The van der Waals surface area contributed by atoms with Gasteiger partial charge in [0.1, 0.15) is 5.82 Å². The second-order valence-electron chi connectivity index (χ2n) is 5.30. The van der Waals surface area contributed by atoms with E-state index < -0.39 is 0 Å². The van der Waals surface area contributed by atoms with Crippen LogP contribution in [0.2, 0.25) is 0 Å². The molecule has 0 atom stereocenters. The Hall–Kier alpha value is -1.38. The highest BCUT2D eigenvalue weighted by Crippen LogP contribution is 2.30. The van der Waals surface area contributed by atoms with Crippen molar-refractivity contribution in [3.8, 4) is 0 Å². The molecule has 3 heteroatoms. The van der Waals surface area contributed by atoms with Crippen molar-refractivity contribution in [2.75, 3.05) is 5.32 Å². The topological polar surface area (TPSA) is 29.1 Å². The highest BCUT2D eigenvalue weighted by Gasteiger charge is 2.21. The number of hydrogen-bond donors (Lipinski definition) is 1. The van der Waals surface area contributed by atoms with Crippen LogP contribution in [0.1, 0.15) is 45.2 Å². The molecule has 0 aliphatic rings. The van der Waals surface area contributed by atoms with E-state index in [4.69, 9.17) is 0 Å². The average molecular weight is 237 g/mol. The average Bonchev–Trinajstić information content (AvgIpc) is 2.13. The minimum Gasteiger partial charge on any atom is -0.326 e. The zero-order valence-electron chi connectivity index (χ0n) is 11.1. The van der Waals surface area contributed by atoms with Crippen molar-refractivity contribution < 1.29 is 9.18 Å².